The fourth-order valence-electron chi connectivity index (χ4n) is 13.3. The number of nitrogens with zero attached hydrogens (tertiary/aromatic N) is 8. The molecule has 1 saturated carbocycles. The van der Waals surface area contributed by atoms with Gasteiger partial charge in [0.15, 0.2) is 0 Å². The van der Waals surface area contributed by atoms with Gasteiger partial charge in [-0.1, -0.05) is 58.9 Å². The van der Waals surface area contributed by atoms with Gasteiger partial charge in [0, 0.05) is 76.5 Å². The number of nitrogens with one attached hydrogen (secondary N) is 4. The van der Waals surface area contributed by atoms with Gasteiger partial charge in [-0.25, -0.2) is 23.7 Å². The van der Waals surface area contributed by atoms with Gasteiger partial charge in [0.05, 0.1) is 52.1 Å². The second kappa shape index (κ2) is 24.8. The van der Waals surface area contributed by atoms with Crippen LogP contribution in [0.15, 0.2) is 54.3 Å². The number of amides is 4. The summed E-state index contributed by atoms with van der Waals surface area (Å²) in [5.74, 6) is 0.171. The Kier molecular flexibility index (Phi) is 17.9. The first-order valence-corrected chi connectivity index (χ1v) is 30.5. The number of thiazole rings is 1. The minimum absolute atomic E-state index is 0.00675. The van der Waals surface area contributed by atoms with Crippen molar-refractivity contribution in [2.24, 2.45) is 22.7 Å². The van der Waals surface area contributed by atoms with Gasteiger partial charge < -0.3 is 50.7 Å². The predicted octanol–water partition coefficient (Wildman–Crippen LogP) is 6.68. The quantitative estimate of drug-likeness (QED) is 0.0661. The van der Waals surface area contributed by atoms with Crippen LogP contribution in [-0.2, 0) is 30.5 Å². The maximum Gasteiger partial charge on any atom is 0.246 e. The summed E-state index contributed by atoms with van der Waals surface area (Å²) in [4.78, 5) is 79.2. The average Bonchev–Trinajstić information content (AvgIpc) is 4.28. The van der Waals surface area contributed by atoms with Crippen LogP contribution in [-0.4, -0.2) is 167 Å². The Bertz CT molecular complexity index is 2910. The lowest BCUT2D eigenvalue weighted by atomic mass is 9.82. The molecule has 10 rings (SSSR count). The van der Waals surface area contributed by atoms with E-state index in [1.54, 1.807) is 22.6 Å². The molecule has 0 radical (unpaired) electrons. The summed E-state index contributed by atoms with van der Waals surface area (Å²) in [5.41, 5.74) is 4.22. The number of halogens is 2. The van der Waals surface area contributed by atoms with Crippen molar-refractivity contribution in [1.82, 2.24) is 45.6 Å². The maximum atomic E-state index is 15.8. The summed E-state index contributed by atoms with van der Waals surface area (Å²) >= 11 is 1.58. The van der Waals surface area contributed by atoms with Crippen molar-refractivity contribution in [2.45, 2.75) is 142 Å². The molecule has 4 amide bonds. The summed E-state index contributed by atoms with van der Waals surface area (Å²) in [7, 11) is 0. The van der Waals surface area contributed by atoms with Gasteiger partial charge in [-0.2, -0.15) is 0 Å². The summed E-state index contributed by atoms with van der Waals surface area (Å²) in [6, 6.07) is 10.3. The molecule has 18 nitrogen and oxygen atoms in total. The first-order chi connectivity index (χ1) is 39.1. The van der Waals surface area contributed by atoms with Gasteiger partial charge in [0.1, 0.15) is 48.3 Å². The molecule has 4 aromatic rings. The molecule has 2 aromatic carbocycles. The van der Waals surface area contributed by atoms with Crippen LogP contribution in [0.25, 0.3) is 10.4 Å². The number of hydrogen-bond acceptors (Lipinski definition) is 15. The molecule has 5 aliphatic heterocycles. The van der Waals surface area contributed by atoms with Crippen LogP contribution in [0.1, 0.15) is 116 Å². The number of ether oxygens (including phenoxy) is 1. The van der Waals surface area contributed by atoms with Crippen LogP contribution in [0.4, 0.5) is 26.1 Å². The minimum atomic E-state index is -0.946. The van der Waals surface area contributed by atoms with E-state index in [2.05, 4.69) is 64.8 Å². The molecule has 5 saturated heterocycles. The molecule has 1 unspecified atom stereocenters. The molecule has 7 atom stereocenters. The van der Waals surface area contributed by atoms with E-state index in [1.807, 2.05) is 70.5 Å². The van der Waals surface area contributed by atoms with E-state index >= 15 is 8.78 Å². The number of carbonyl (C=O) groups is 4. The van der Waals surface area contributed by atoms with Crippen molar-refractivity contribution in [3.8, 4) is 10.4 Å². The highest BCUT2D eigenvalue weighted by atomic mass is 32.1. The third-order valence-electron chi connectivity index (χ3n) is 18.2. The second-order valence-corrected chi connectivity index (χ2v) is 27.0. The van der Waals surface area contributed by atoms with Gasteiger partial charge in [0.25, 0.3) is 0 Å². The van der Waals surface area contributed by atoms with Crippen molar-refractivity contribution in [1.29, 1.82) is 0 Å². The number of aliphatic hydroxyl groups excluding tert-OH is 1. The van der Waals surface area contributed by atoms with E-state index in [-0.39, 0.29) is 61.2 Å². The number of piperidine rings is 2. The molecule has 444 valence electrons. The van der Waals surface area contributed by atoms with Gasteiger partial charge >= 0.3 is 0 Å². The highest BCUT2D eigenvalue weighted by Crippen LogP contribution is 2.40. The molecular formula is C61H84F2N12O6S. The third kappa shape index (κ3) is 14.0. The van der Waals surface area contributed by atoms with Crippen LogP contribution in [0.3, 0.4) is 0 Å². The number of carbonyl (C=O) groups excluding carboxylic acids is 4. The Morgan fingerprint density at radius 2 is 1.61 bits per heavy atom. The Morgan fingerprint density at radius 1 is 0.890 bits per heavy atom. The zero-order valence-corrected chi connectivity index (χ0v) is 49.6. The number of benzene rings is 2. The molecule has 5 N–H and O–H groups in total. The number of likely N-dealkylation sites (tertiary alicyclic amines) is 3. The van der Waals surface area contributed by atoms with Crippen LogP contribution >= 0.6 is 11.3 Å². The normalized spacial score (nSPS) is 24.5. The fourth-order valence-corrected chi connectivity index (χ4v) is 14.1. The van der Waals surface area contributed by atoms with Crippen molar-refractivity contribution >= 4 is 52.3 Å². The van der Waals surface area contributed by atoms with Crippen LogP contribution in [0.5, 0.6) is 0 Å². The molecular weight excluding hydrogens is 1070 g/mol. The monoisotopic (exact) mass is 1150 g/mol. The number of aryl methyl sites for hydroxylation is 1. The van der Waals surface area contributed by atoms with E-state index in [1.165, 1.54) is 17.0 Å². The second-order valence-electron chi connectivity index (χ2n) is 26.1. The standard InChI is InChI=1S/C61H84F2N12O6S/c1-38(40-9-11-41(12-10-40)55-39(2)67-37-82-55)68-57(79)50-26-45(76)32-75(50)58(80)56(59(3,4)5)69-54(78)34-81-46-23-42-29-72(30-43(42)24-46)18-8-17-64-51-28-52(66-36-65-51)73-21-15-61(16-22-73)35-74(33-53(77)70-61)49-27-47(62)44(25-48(49)63)31-71-19-13-60(6,7)14-20-71/h9-12,25,27-28,36-38,42-43,45-46,50,56,76H,8,13-24,26,29-35H2,1-7H3,(H,68,79)(H,69,78)(H,70,77)(H,64,65,66)/t38-,42-,43+,45+,46?,50-,56+/m0/s1. The van der Waals surface area contributed by atoms with Gasteiger partial charge in [-0.05, 0) is 118 Å². The zero-order chi connectivity index (χ0) is 58.1. The lowest BCUT2D eigenvalue weighted by Crippen LogP contribution is -2.66. The Hall–Kier alpha value is -5.87. The first kappa shape index (κ1) is 59.3. The molecule has 7 heterocycles. The number of fused-ring (bicyclic) bond motifs is 1. The van der Waals surface area contributed by atoms with Gasteiger partial charge in [-0.3, -0.25) is 24.1 Å². The first-order valence-electron chi connectivity index (χ1n) is 29.6. The lowest BCUT2D eigenvalue weighted by molar-refractivity contribution is -0.145. The Labute approximate surface area is 485 Å². The Balaban J connectivity index is 0.630. The van der Waals surface area contributed by atoms with Crippen LogP contribution < -0.4 is 31.1 Å². The fraction of sp³-hybridized carbons (Fsp3) is 0.623. The number of anilines is 3. The largest absolute Gasteiger partial charge is 0.391 e. The highest BCUT2D eigenvalue weighted by molar-refractivity contribution is 7.13. The number of aromatic nitrogens is 3. The molecule has 82 heavy (non-hydrogen) atoms. The minimum Gasteiger partial charge on any atom is -0.391 e. The number of rotatable bonds is 18. The predicted molar refractivity (Wildman–Crippen MR) is 313 cm³/mol. The maximum absolute atomic E-state index is 15.8. The summed E-state index contributed by atoms with van der Waals surface area (Å²) in [6.07, 6.45) is 6.67. The van der Waals surface area contributed by atoms with E-state index in [4.69, 9.17) is 4.74 Å². The van der Waals surface area contributed by atoms with E-state index in [9.17, 15) is 24.3 Å². The van der Waals surface area contributed by atoms with Crippen LogP contribution in [0.2, 0.25) is 0 Å². The Morgan fingerprint density at radius 3 is 2.29 bits per heavy atom. The number of β-amino-alcohol motifs (C(OH)–C–C–N with tert-alkyl or cyclic N) is 1. The van der Waals surface area contributed by atoms with Crippen molar-refractivity contribution in [2.75, 3.05) is 93.7 Å². The highest BCUT2D eigenvalue weighted by Gasteiger charge is 2.46. The van der Waals surface area contributed by atoms with E-state index in [0.29, 0.717) is 56.4 Å². The third-order valence-corrected chi connectivity index (χ3v) is 19.2. The molecule has 6 fully saturated rings. The topological polar surface area (TPSA) is 201 Å². The van der Waals surface area contributed by atoms with Crippen molar-refractivity contribution in [3.05, 3.63) is 82.8 Å². The molecule has 2 aromatic heterocycles. The SMILES string of the molecule is Cc1ncsc1-c1ccc([C@H](C)NC(=O)[C@@H]2C[C@@H](O)CN2C(=O)[C@@H](NC(=O)COC2C[C@@H]3CN(CCCNc4cc(N5CCC6(CC5)CN(c5cc(F)c(CN7CCC(C)(C)CC7)cc5F)CC(=O)N6)ncn4)C[C@@H]3C2)C(C)(C)C)cc1. The number of piperazine rings is 1. The lowest BCUT2D eigenvalue weighted by Gasteiger charge is -2.48. The number of aliphatic hydroxyl groups is 1. The van der Waals surface area contributed by atoms with E-state index < -0.39 is 52.6 Å². The smallest absolute Gasteiger partial charge is 0.246 e. The molecule has 0 bridgehead atoms. The van der Waals surface area contributed by atoms with Gasteiger partial charge in [-0.15, -0.1) is 11.3 Å². The zero-order valence-electron chi connectivity index (χ0n) is 48.8. The molecule has 1 aliphatic carbocycles. The average molecular weight is 1150 g/mol. The van der Waals surface area contributed by atoms with Gasteiger partial charge in [0.2, 0.25) is 23.6 Å². The number of hydrogen-bond donors (Lipinski definition) is 5. The molecule has 1 spiro atoms. The molecule has 6 aliphatic rings. The van der Waals surface area contributed by atoms with Crippen molar-refractivity contribution < 1.29 is 37.8 Å². The van der Waals surface area contributed by atoms with Crippen LogP contribution in [0, 0.1) is 41.2 Å². The molecule has 21 heteroatoms. The summed E-state index contributed by atoms with van der Waals surface area (Å²) < 4.78 is 37.5. The van der Waals surface area contributed by atoms with E-state index in [0.717, 1.165) is 105 Å². The summed E-state index contributed by atoms with van der Waals surface area (Å²) in [6.45, 7) is 21.1. The summed E-state index contributed by atoms with van der Waals surface area (Å²) in [5, 5.41) is 23.4. The van der Waals surface area contributed by atoms with Crippen molar-refractivity contribution in [3.63, 3.8) is 0 Å².